The fourth-order valence-electron chi connectivity index (χ4n) is 1.66. The van der Waals surface area contributed by atoms with Gasteiger partial charge in [-0.1, -0.05) is 29.0 Å². The monoisotopic (exact) mass is 325 g/mol. The Morgan fingerprint density at radius 2 is 2.29 bits per heavy atom. The summed E-state index contributed by atoms with van der Waals surface area (Å²) in [6.45, 7) is 3.23. The van der Waals surface area contributed by atoms with Gasteiger partial charge in [-0.15, -0.1) is 6.58 Å². The third kappa shape index (κ3) is 3.93. The van der Waals surface area contributed by atoms with Crippen molar-refractivity contribution in [2.75, 3.05) is 18.4 Å². The lowest BCUT2D eigenvalue weighted by atomic mass is 10.3. The second-order valence-electron chi connectivity index (χ2n) is 4.12. The van der Waals surface area contributed by atoms with Crippen LogP contribution in [0.2, 0.25) is 5.02 Å². The van der Waals surface area contributed by atoms with Crippen LogP contribution in [0.25, 0.3) is 10.2 Å². The third-order valence-electron chi connectivity index (χ3n) is 2.53. The van der Waals surface area contributed by atoms with Gasteiger partial charge in [0.1, 0.15) is 6.54 Å². The number of anilines is 1. The molecule has 0 atom stereocenters. The number of carboxylic acids is 1. The number of rotatable bonds is 5. The van der Waals surface area contributed by atoms with Gasteiger partial charge in [0.15, 0.2) is 5.13 Å². The van der Waals surface area contributed by atoms with Crippen LogP contribution in [-0.2, 0) is 4.79 Å². The number of nitrogens with zero attached hydrogens (tertiary/aromatic N) is 2. The second kappa shape index (κ2) is 6.55. The summed E-state index contributed by atoms with van der Waals surface area (Å²) in [6, 6.07) is 4.68. The number of thiazole rings is 1. The van der Waals surface area contributed by atoms with Crippen molar-refractivity contribution >= 4 is 50.3 Å². The molecule has 1 aromatic carbocycles. The number of halogens is 1. The molecule has 2 amide bonds. The quantitative estimate of drug-likeness (QED) is 0.828. The van der Waals surface area contributed by atoms with Crippen LogP contribution in [0, 0.1) is 0 Å². The maximum Gasteiger partial charge on any atom is 0.324 e. The Morgan fingerprint density at radius 3 is 2.95 bits per heavy atom. The maximum absolute atomic E-state index is 12.0. The van der Waals surface area contributed by atoms with Crippen molar-refractivity contribution in [3.63, 3.8) is 0 Å². The Kier molecular flexibility index (Phi) is 4.77. The normalized spacial score (nSPS) is 10.3. The van der Waals surface area contributed by atoms with Gasteiger partial charge in [-0.2, -0.15) is 0 Å². The lowest BCUT2D eigenvalue weighted by molar-refractivity contribution is -0.137. The van der Waals surface area contributed by atoms with Crippen LogP contribution in [0.15, 0.2) is 30.9 Å². The zero-order chi connectivity index (χ0) is 15.4. The number of carboxylic acid groups (broad SMARTS) is 1. The summed E-state index contributed by atoms with van der Waals surface area (Å²) in [5, 5.41) is 12.3. The predicted octanol–water partition coefficient (Wildman–Crippen LogP) is 3.05. The SMILES string of the molecule is C=CCN(CC(=O)O)C(=O)Nc1nc2ccc(Cl)cc2s1. The summed E-state index contributed by atoms with van der Waals surface area (Å²) in [4.78, 5) is 28.1. The van der Waals surface area contributed by atoms with E-state index in [1.165, 1.54) is 17.4 Å². The number of aromatic nitrogens is 1. The van der Waals surface area contributed by atoms with Gasteiger partial charge in [0.2, 0.25) is 0 Å². The lowest BCUT2D eigenvalue weighted by Crippen LogP contribution is -2.38. The molecular weight excluding hydrogens is 314 g/mol. The van der Waals surface area contributed by atoms with Gasteiger partial charge in [-0.3, -0.25) is 10.1 Å². The molecule has 8 heteroatoms. The Labute approximate surface area is 129 Å². The van der Waals surface area contributed by atoms with Gasteiger partial charge in [0.25, 0.3) is 0 Å². The van der Waals surface area contributed by atoms with E-state index in [9.17, 15) is 9.59 Å². The zero-order valence-electron chi connectivity index (χ0n) is 10.9. The first-order valence-corrected chi connectivity index (χ1v) is 7.13. The first-order valence-electron chi connectivity index (χ1n) is 5.94. The van der Waals surface area contributed by atoms with Crippen LogP contribution in [0.3, 0.4) is 0 Å². The van der Waals surface area contributed by atoms with Gasteiger partial charge in [-0.25, -0.2) is 9.78 Å². The molecule has 1 aromatic heterocycles. The lowest BCUT2D eigenvalue weighted by Gasteiger charge is -2.18. The topological polar surface area (TPSA) is 82.5 Å². The van der Waals surface area contributed by atoms with Gasteiger partial charge >= 0.3 is 12.0 Å². The number of carbonyl (C=O) groups excluding carboxylic acids is 1. The van der Waals surface area contributed by atoms with E-state index in [0.717, 1.165) is 9.60 Å². The summed E-state index contributed by atoms with van der Waals surface area (Å²) in [6.07, 6.45) is 1.46. The van der Waals surface area contributed by atoms with E-state index >= 15 is 0 Å². The Morgan fingerprint density at radius 1 is 1.52 bits per heavy atom. The fraction of sp³-hybridized carbons (Fsp3) is 0.154. The predicted molar refractivity (Wildman–Crippen MR) is 83.1 cm³/mol. The van der Waals surface area contributed by atoms with E-state index in [4.69, 9.17) is 16.7 Å². The van der Waals surface area contributed by atoms with Crippen LogP contribution < -0.4 is 5.32 Å². The minimum Gasteiger partial charge on any atom is -0.480 e. The second-order valence-corrected chi connectivity index (χ2v) is 5.59. The van der Waals surface area contributed by atoms with Crippen molar-refractivity contribution in [3.8, 4) is 0 Å². The molecule has 0 bridgehead atoms. The van der Waals surface area contributed by atoms with Crippen molar-refractivity contribution in [2.45, 2.75) is 0 Å². The van der Waals surface area contributed by atoms with Crippen molar-refractivity contribution in [3.05, 3.63) is 35.9 Å². The molecule has 0 spiro atoms. The fourth-order valence-corrected chi connectivity index (χ4v) is 2.79. The van der Waals surface area contributed by atoms with E-state index in [1.807, 2.05) is 0 Å². The minimum absolute atomic E-state index is 0.134. The molecule has 6 nitrogen and oxygen atoms in total. The van der Waals surface area contributed by atoms with Crippen molar-refractivity contribution in [2.24, 2.45) is 0 Å². The Hall–Kier alpha value is -2.12. The summed E-state index contributed by atoms with van der Waals surface area (Å²) < 4.78 is 0.839. The molecule has 2 N–H and O–H groups in total. The summed E-state index contributed by atoms with van der Waals surface area (Å²) in [5.41, 5.74) is 0.716. The Balaban J connectivity index is 2.15. The number of benzene rings is 1. The van der Waals surface area contributed by atoms with Crippen molar-refractivity contribution < 1.29 is 14.7 Å². The molecule has 0 saturated heterocycles. The molecule has 21 heavy (non-hydrogen) atoms. The van der Waals surface area contributed by atoms with Gasteiger partial charge in [0, 0.05) is 11.6 Å². The van der Waals surface area contributed by atoms with Gasteiger partial charge < -0.3 is 10.0 Å². The highest BCUT2D eigenvalue weighted by molar-refractivity contribution is 7.22. The van der Waals surface area contributed by atoms with Crippen LogP contribution in [-0.4, -0.2) is 40.1 Å². The average Bonchev–Trinajstić information content (AvgIpc) is 2.79. The standard InChI is InChI=1S/C13H12ClN3O3S/c1-2-5-17(7-11(18)19)13(20)16-12-15-9-4-3-8(14)6-10(9)21-12/h2-4,6H,1,5,7H2,(H,18,19)(H,15,16,20). The van der Waals surface area contributed by atoms with Crippen molar-refractivity contribution in [1.82, 2.24) is 9.88 Å². The van der Waals surface area contributed by atoms with E-state index in [-0.39, 0.29) is 6.54 Å². The number of fused-ring (bicyclic) bond motifs is 1. The molecule has 0 radical (unpaired) electrons. The number of carbonyl (C=O) groups is 2. The van der Waals surface area contributed by atoms with Gasteiger partial charge in [0.05, 0.1) is 10.2 Å². The molecule has 0 aliphatic heterocycles. The highest BCUT2D eigenvalue weighted by atomic mass is 35.5. The molecule has 2 aromatic rings. The number of hydrogen-bond donors (Lipinski definition) is 2. The number of urea groups is 1. The highest BCUT2D eigenvalue weighted by Gasteiger charge is 2.17. The molecule has 2 rings (SSSR count). The smallest absolute Gasteiger partial charge is 0.324 e. The van der Waals surface area contributed by atoms with E-state index < -0.39 is 18.5 Å². The summed E-state index contributed by atoms with van der Waals surface area (Å²) in [5.74, 6) is -1.09. The average molecular weight is 326 g/mol. The number of aliphatic carboxylic acids is 1. The highest BCUT2D eigenvalue weighted by Crippen LogP contribution is 2.28. The molecule has 0 aliphatic rings. The van der Waals surface area contributed by atoms with E-state index in [2.05, 4.69) is 16.9 Å². The first kappa shape index (κ1) is 15.3. The van der Waals surface area contributed by atoms with E-state index in [1.54, 1.807) is 18.2 Å². The minimum atomic E-state index is -1.09. The summed E-state index contributed by atoms with van der Waals surface area (Å²) >= 11 is 7.16. The largest absolute Gasteiger partial charge is 0.480 e. The molecule has 1 heterocycles. The number of nitrogens with one attached hydrogen (secondary N) is 1. The van der Waals surface area contributed by atoms with Crippen LogP contribution in [0.1, 0.15) is 0 Å². The third-order valence-corrected chi connectivity index (χ3v) is 3.70. The van der Waals surface area contributed by atoms with E-state index in [0.29, 0.717) is 15.7 Å². The molecule has 0 fully saturated rings. The maximum atomic E-state index is 12.0. The number of amides is 2. The van der Waals surface area contributed by atoms with Crippen LogP contribution in [0.4, 0.5) is 9.93 Å². The summed E-state index contributed by atoms with van der Waals surface area (Å²) in [7, 11) is 0. The Bertz CT molecular complexity index is 701. The molecular formula is C13H12ClN3O3S. The zero-order valence-corrected chi connectivity index (χ0v) is 12.4. The van der Waals surface area contributed by atoms with Gasteiger partial charge in [-0.05, 0) is 18.2 Å². The molecule has 0 unspecified atom stereocenters. The molecule has 110 valence electrons. The van der Waals surface area contributed by atoms with Crippen LogP contribution >= 0.6 is 22.9 Å². The molecule has 0 aliphatic carbocycles. The van der Waals surface area contributed by atoms with Crippen molar-refractivity contribution in [1.29, 1.82) is 0 Å². The number of hydrogen-bond acceptors (Lipinski definition) is 4. The first-order chi connectivity index (χ1) is 9.99. The van der Waals surface area contributed by atoms with Crippen LogP contribution in [0.5, 0.6) is 0 Å². The molecule has 0 saturated carbocycles.